The molecule has 7 heteroatoms. The molecule has 0 unspecified atom stereocenters. The van der Waals surface area contributed by atoms with Crippen LogP contribution >= 0.6 is 0 Å². The summed E-state index contributed by atoms with van der Waals surface area (Å²) >= 11 is 0. The molecule has 0 bridgehead atoms. The van der Waals surface area contributed by atoms with Crippen LogP contribution in [0.5, 0.6) is 5.75 Å². The maximum atomic E-state index is 12.3. The van der Waals surface area contributed by atoms with Crippen LogP contribution in [0.15, 0.2) is 6.20 Å². The van der Waals surface area contributed by atoms with E-state index in [0.29, 0.717) is 19.6 Å². The van der Waals surface area contributed by atoms with Gasteiger partial charge in [-0.2, -0.15) is 0 Å². The minimum Gasteiger partial charge on any atom is -1.00 e. The number of nitrogens with zero attached hydrogens (tertiary/aromatic N) is 2. The lowest BCUT2D eigenvalue weighted by molar-refractivity contribution is -0.902. The number of rotatable bonds is 17. The van der Waals surface area contributed by atoms with Crippen molar-refractivity contribution in [3.63, 3.8) is 0 Å². The fraction of sp³-hybridized carbons (Fsp3) is 0.793. The van der Waals surface area contributed by atoms with Gasteiger partial charge >= 0.3 is 0 Å². The average molecular weight is 526 g/mol. The van der Waals surface area contributed by atoms with Gasteiger partial charge in [-0.05, 0) is 13.3 Å². The number of hydrogen-bond donors (Lipinski definition) is 1. The quantitative estimate of drug-likeness (QED) is 0.250. The largest absolute Gasteiger partial charge is 1.00 e. The van der Waals surface area contributed by atoms with Crippen molar-refractivity contribution >= 4 is 5.91 Å². The summed E-state index contributed by atoms with van der Waals surface area (Å²) in [5.41, 5.74) is 3.15. The molecular weight excluding hydrogens is 474 g/mol. The van der Waals surface area contributed by atoms with Crippen molar-refractivity contribution in [3.8, 4) is 5.75 Å². The van der Waals surface area contributed by atoms with Crippen molar-refractivity contribution in [3.05, 3.63) is 23.0 Å². The molecule has 0 atom stereocenters. The zero-order valence-electron chi connectivity index (χ0n) is 23.9. The third-order valence-corrected chi connectivity index (χ3v) is 6.96. The molecule has 208 valence electrons. The summed E-state index contributed by atoms with van der Waals surface area (Å²) < 4.78 is 12.7. The van der Waals surface area contributed by atoms with E-state index in [1.165, 1.54) is 57.8 Å². The molecule has 2 heterocycles. The number of likely N-dealkylation sites (N-methyl/N-ethyl adjacent to an activating group) is 1. The van der Waals surface area contributed by atoms with E-state index in [1.54, 1.807) is 0 Å². The fourth-order valence-electron chi connectivity index (χ4n) is 4.70. The minimum absolute atomic E-state index is 0. The number of carbonyl (C=O) groups is 1. The van der Waals surface area contributed by atoms with Crippen molar-refractivity contribution < 1.29 is 31.2 Å². The Bertz CT molecular complexity index is 783. The Labute approximate surface area is 226 Å². The predicted octanol–water partition coefficient (Wildman–Crippen LogP) is 3.43. The summed E-state index contributed by atoms with van der Waals surface area (Å²) in [4.78, 5) is 16.8. The molecule has 1 N–H and O–H groups in total. The average Bonchev–Trinajstić information content (AvgIpc) is 2.78. The number of aromatic nitrogens is 1. The Kier molecular flexibility index (Phi) is 14.9. The number of aryl methyl sites for hydroxylation is 1. The van der Waals surface area contributed by atoms with Crippen LogP contribution in [0.25, 0.3) is 0 Å². The molecule has 0 saturated carbocycles. The molecule has 0 aliphatic carbocycles. The standard InChI is InChI=1S/C29H51N3O3.ClH/c1-7-8-9-10-11-12-13-14-15-16-17-18-27(33)30-19-20-32(5,6)22-25-21-31-24(2)28-26(25)23-34-29(3,4)35-28;/h21H,7-20,22-23H2,1-6H3;1H. The van der Waals surface area contributed by atoms with Crippen LogP contribution in [-0.4, -0.2) is 48.3 Å². The smallest absolute Gasteiger partial charge is 0.220 e. The van der Waals surface area contributed by atoms with Crippen molar-refractivity contribution in [2.45, 2.75) is 124 Å². The molecule has 1 aromatic heterocycles. The number of unbranched alkanes of at least 4 members (excludes halogenated alkanes) is 10. The topological polar surface area (TPSA) is 60.5 Å². The molecule has 1 aliphatic heterocycles. The Morgan fingerprint density at radius 1 is 1.03 bits per heavy atom. The molecule has 0 aromatic carbocycles. The Hall–Kier alpha value is -1.37. The second kappa shape index (κ2) is 16.5. The number of halogens is 1. The first kappa shape index (κ1) is 32.7. The van der Waals surface area contributed by atoms with E-state index in [9.17, 15) is 4.79 Å². The predicted molar refractivity (Wildman–Crippen MR) is 143 cm³/mol. The van der Waals surface area contributed by atoms with Gasteiger partial charge in [0.15, 0.2) is 0 Å². The van der Waals surface area contributed by atoms with E-state index in [4.69, 9.17) is 9.47 Å². The van der Waals surface area contributed by atoms with E-state index in [0.717, 1.165) is 53.0 Å². The van der Waals surface area contributed by atoms with Crippen LogP contribution in [-0.2, 0) is 22.7 Å². The highest BCUT2D eigenvalue weighted by Crippen LogP contribution is 2.35. The van der Waals surface area contributed by atoms with Gasteiger partial charge in [0.25, 0.3) is 0 Å². The van der Waals surface area contributed by atoms with Gasteiger partial charge in [0.05, 0.1) is 39.5 Å². The number of carbonyl (C=O) groups excluding carboxylic acids is 1. The third-order valence-electron chi connectivity index (χ3n) is 6.96. The molecule has 6 nitrogen and oxygen atoms in total. The summed E-state index contributed by atoms with van der Waals surface area (Å²) in [6.45, 7) is 11.0. The first-order chi connectivity index (χ1) is 16.6. The summed E-state index contributed by atoms with van der Waals surface area (Å²) in [5.74, 6) is 0.416. The van der Waals surface area contributed by atoms with Gasteiger partial charge in [-0.25, -0.2) is 0 Å². The van der Waals surface area contributed by atoms with Crippen molar-refractivity contribution in [1.82, 2.24) is 10.3 Å². The number of hydrogen-bond acceptors (Lipinski definition) is 4. The molecule has 1 aliphatic rings. The minimum atomic E-state index is -0.624. The van der Waals surface area contributed by atoms with Crippen LogP contribution in [0.4, 0.5) is 0 Å². The zero-order chi connectivity index (χ0) is 25.7. The number of quaternary nitrogens is 1. The van der Waals surface area contributed by atoms with Gasteiger partial charge < -0.3 is 31.7 Å². The van der Waals surface area contributed by atoms with Crippen molar-refractivity contribution in [1.29, 1.82) is 0 Å². The highest BCUT2D eigenvalue weighted by Gasteiger charge is 2.32. The second-order valence-electron chi connectivity index (χ2n) is 11.4. The Morgan fingerprint density at radius 2 is 1.61 bits per heavy atom. The number of nitrogens with one attached hydrogen (secondary N) is 1. The third kappa shape index (κ3) is 12.2. The highest BCUT2D eigenvalue weighted by atomic mass is 35.5. The van der Waals surface area contributed by atoms with Gasteiger partial charge in [-0.3, -0.25) is 9.78 Å². The van der Waals surface area contributed by atoms with E-state index in [2.05, 4.69) is 31.3 Å². The van der Waals surface area contributed by atoms with E-state index >= 15 is 0 Å². The van der Waals surface area contributed by atoms with Gasteiger partial charge in [-0.1, -0.05) is 71.1 Å². The Morgan fingerprint density at radius 3 is 2.22 bits per heavy atom. The van der Waals surface area contributed by atoms with Gasteiger partial charge in [0.2, 0.25) is 11.7 Å². The van der Waals surface area contributed by atoms with Crippen LogP contribution < -0.4 is 22.5 Å². The van der Waals surface area contributed by atoms with Gasteiger partial charge in [0, 0.05) is 37.6 Å². The molecule has 2 rings (SSSR count). The van der Waals surface area contributed by atoms with Crippen molar-refractivity contribution in [2.75, 3.05) is 27.2 Å². The van der Waals surface area contributed by atoms with Gasteiger partial charge in [-0.15, -0.1) is 0 Å². The fourth-order valence-corrected chi connectivity index (χ4v) is 4.70. The summed E-state index contributed by atoms with van der Waals surface area (Å²) in [5, 5.41) is 3.12. The SMILES string of the molecule is CCCCCCCCCCCCCC(=O)NCC[N+](C)(C)Cc1cnc(C)c2c1COC(C)(C)O2.[Cl-]. The molecule has 0 spiro atoms. The van der Waals surface area contributed by atoms with Crippen LogP contribution in [0.2, 0.25) is 0 Å². The van der Waals surface area contributed by atoms with Gasteiger partial charge in [0.1, 0.15) is 12.3 Å². The summed E-state index contributed by atoms with van der Waals surface area (Å²) in [6.07, 6.45) is 16.9. The number of fused-ring (bicyclic) bond motifs is 1. The lowest BCUT2D eigenvalue weighted by atomic mass is 10.1. The summed E-state index contributed by atoms with van der Waals surface area (Å²) in [7, 11) is 4.38. The summed E-state index contributed by atoms with van der Waals surface area (Å²) in [6, 6.07) is 0. The van der Waals surface area contributed by atoms with Crippen molar-refractivity contribution in [2.24, 2.45) is 0 Å². The van der Waals surface area contributed by atoms with E-state index < -0.39 is 5.79 Å². The highest BCUT2D eigenvalue weighted by molar-refractivity contribution is 5.75. The maximum absolute atomic E-state index is 12.3. The molecule has 0 fully saturated rings. The van der Waals surface area contributed by atoms with E-state index in [-0.39, 0.29) is 18.3 Å². The lowest BCUT2D eigenvalue weighted by Gasteiger charge is -2.36. The lowest BCUT2D eigenvalue weighted by Crippen LogP contribution is -3.00. The second-order valence-corrected chi connectivity index (χ2v) is 11.4. The first-order valence-corrected chi connectivity index (χ1v) is 14.0. The number of amides is 1. The van der Waals surface area contributed by atoms with Crippen LogP contribution in [0, 0.1) is 6.92 Å². The molecule has 0 radical (unpaired) electrons. The maximum Gasteiger partial charge on any atom is 0.220 e. The first-order valence-electron chi connectivity index (χ1n) is 14.0. The molecule has 1 aromatic rings. The zero-order valence-corrected chi connectivity index (χ0v) is 24.6. The van der Waals surface area contributed by atoms with E-state index in [1.807, 2.05) is 27.0 Å². The van der Waals surface area contributed by atoms with Crippen LogP contribution in [0.1, 0.15) is 115 Å². The monoisotopic (exact) mass is 525 g/mol. The molecule has 0 saturated heterocycles. The number of pyridine rings is 1. The Balaban J connectivity index is 0.00000648. The normalized spacial score (nSPS) is 14.5. The number of ether oxygens (including phenoxy) is 2. The van der Waals surface area contributed by atoms with Crippen LogP contribution in [0.3, 0.4) is 0 Å². The molecule has 36 heavy (non-hydrogen) atoms. The molecular formula is C29H52ClN3O3. The molecule has 1 amide bonds.